The Hall–Kier alpha value is -3.36. The first-order valence-electron chi connectivity index (χ1n) is 8.46. The summed E-state index contributed by atoms with van der Waals surface area (Å²) in [5.74, 6) is 0.473. The van der Waals surface area contributed by atoms with Gasteiger partial charge in [0.15, 0.2) is 0 Å². The second kappa shape index (κ2) is 7.48. The average Bonchev–Trinajstić information content (AvgIpc) is 2.85. The maximum Gasteiger partial charge on any atom is 0.328 e. The van der Waals surface area contributed by atoms with E-state index in [-0.39, 0.29) is 17.8 Å². The number of urea groups is 1. The van der Waals surface area contributed by atoms with E-state index >= 15 is 0 Å². The number of nitrogens with zero attached hydrogens (tertiary/aromatic N) is 4. The van der Waals surface area contributed by atoms with Gasteiger partial charge in [-0.05, 0) is 13.0 Å². The minimum atomic E-state index is -0.370. The number of hydrogen-bond donors (Lipinski definition) is 2. The fourth-order valence-corrected chi connectivity index (χ4v) is 2.97. The van der Waals surface area contributed by atoms with Gasteiger partial charge in [0.25, 0.3) is 0 Å². The Morgan fingerprint density at radius 2 is 1.93 bits per heavy atom. The summed E-state index contributed by atoms with van der Waals surface area (Å²) in [6.45, 7) is 1.88. The number of aryl methyl sites for hydroxylation is 2. The van der Waals surface area contributed by atoms with Gasteiger partial charge in [0.1, 0.15) is 5.75 Å². The quantitative estimate of drug-likeness (QED) is 0.707. The third-order valence-corrected chi connectivity index (χ3v) is 4.35. The van der Waals surface area contributed by atoms with Crippen LogP contribution in [-0.4, -0.2) is 38.3 Å². The Labute approximate surface area is 156 Å². The number of rotatable bonds is 5. The Balaban J connectivity index is 1.78. The molecule has 0 radical (unpaired) electrons. The molecular formula is C18H22N6O3. The Morgan fingerprint density at radius 1 is 1.22 bits per heavy atom. The topological polar surface area (TPSA) is 103 Å². The van der Waals surface area contributed by atoms with Crippen LogP contribution in [0.2, 0.25) is 0 Å². The van der Waals surface area contributed by atoms with Gasteiger partial charge in [-0.15, -0.1) is 0 Å². The molecule has 0 saturated heterocycles. The lowest BCUT2D eigenvalue weighted by molar-refractivity contribution is 0.249. The van der Waals surface area contributed by atoms with Crippen molar-refractivity contribution in [3.63, 3.8) is 0 Å². The molecule has 2 heterocycles. The number of aromatic nitrogens is 4. The number of carbonyl (C=O) groups is 1. The molecule has 0 fully saturated rings. The summed E-state index contributed by atoms with van der Waals surface area (Å²) in [6.07, 6.45) is 5.45. The lowest BCUT2D eigenvalue weighted by Gasteiger charge is -2.16. The van der Waals surface area contributed by atoms with Crippen LogP contribution in [0.1, 0.15) is 12.6 Å². The summed E-state index contributed by atoms with van der Waals surface area (Å²) < 4.78 is 8.43. The van der Waals surface area contributed by atoms with Gasteiger partial charge in [0.2, 0.25) is 0 Å². The molecule has 1 atom stereocenters. The van der Waals surface area contributed by atoms with Crippen LogP contribution in [0, 0.1) is 0 Å². The molecule has 0 aliphatic rings. The zero-order valence-electron chi connectivity index (χ0n) is 15.7. The van der Waals surface area contributed by atoms with Crippen molar-refractivity contribution in [1.82, 2.24) is 24.4 Å². The van der Waals surface area contributed by atoms with Crippen LogP contribution in [0.4, 0.5) is 10.5 Å². The van der Waals surface area contributed by atoms with Crippen molar-refractivity contribution in [3.8, 4) is 5.75 Å². The Morgan fingerprint density at radius 3 is 2.56 bits per heavy atom. The van der Waals surface area contributed by atoms with Crippen molar-refractivity contribution in [2.75, 3.05) is 12.4 Å². The molecule has 0 aliphatic heterocycles. The molecule has 1 unspecified atom stereocenters. The highest BCUT2D eigenvalue weighted by molar-refractivity contribution is 5.94. The fourth-order valence-electron chi connectivity index (χ4n) is 2.97. The maximum absolute atomic E-state index is 12.4. The predicted molar refractivity (Wildman–Crippen MR) is 102 cm³/mol. The first-order chi connectivity index (χ1) is 12.9. The van der Waals surface area contributed by atoms with Crippen LogP contribution in [0.5, 0.6) is 5.75 Å². The van der Waals surface area contributed by atoms with E-state index in [1.165, 1.54) is 16.2 Å². The number of methoxy groups -OCH3 is 1. The lowest BCUT2D eigenvalue weighted by Crippen LogP contribution is -2.37. The van der Waals surface area contributed by atoms with Crippen LogP contribution in [0.25, 0.3) is 11.0 Å². The summed E-state index contributed by atoms with van der Waals surface area (Å²) >= 11 is 0. The highest BCUT2D eigenvalue weighted by Crippen LogP contribution is 2.29. The average molecular weight is 370 g/mol. The Bertz CT molecular complexity index is 1020. The standard InChI is InChI=1S/C18H22N6O3/c1-11(7-12-10-19-5-6-20-12)21-17(25)22-13-8-14-15(9-16(13)27-4)24(3)18(26)23(14)2/h5-6,8-11H,7H2,1-4H3,(H2,21,22,25). The summed E-state index contributed by atoms with van der Waals surface area (Å²) in [5, 5.41) is 5.65. The minimum absolute atomic E-state index is 0.141. The lowest BCUT2D eigenvalue weighted by atomic mass is 10.2. The zero-order valence-corrected chi connectivity index (χ0v) is 15.7. The molecule has 0 aliphatic carbocycles. The molecule has 27 heavy (non-hydrogen) atoms. The molecule has 1 aromatic carbocycles. The number of amides is 2. The van der Waals surface area contributed by atoms with E-state index in [1.807, 2.05) is 6.92 Å². The van der Waals surface area contributed by atoms with E-state index in [1.54, 1.807) is 44.8 Å². The van der Waals surface area contributed by atoms with Gasteiger partial charge < -0.3 is 15.4 Å². The number of fused-ring (bicyclic) bond motifs is 1. The number of anilines is 1. The molecule has 0 saturated carbocycles. The van der Waals surface area contributed by atoms with Crippen molar-refractivity contribution in [2.24, 2.45) is 14.1 Å². The second-order valence-electron chi connectivity index (χ2n) is 6.34. The van der Waals surface area contributed by atoms with E-state index in [0.717, 1.165) is 11.2 Å². The molecule has 3 aromatic rings. The molecular weight excluding hydrogens is 348 g/mol. The van der Waals surface area contributed by atoms with Crippen LogP contribution in [0.15, 0.2) is 35.5 Å². The number of ether oxygens (including phenoxy) is 1. The van der Waals surface area contributed by atoms with Crippen molar-refractivity contribution >= 4 is 22.8 Å². The highest BCUT2D eigenvalue weighted by Gasteiger charge is 2.16. The molecule has 9 nitrogen and oxygen atoms in total. The second-order valence-corrected chi connectivity index (χ2v) is 6.34. The summed E-state index contributed by atoms with van der Waals surface area (Å²) in [6, 6.07) is 2.94. The molecule has 2 amide bonds. The van der Waals surface area contributed by atoms with Crippen LogP contribution >= 0.6 is 0 Å². The smallest absolute Gasteiger partial charge is 0.328 e. The molecule has 9 heteroatoms. The van der Waals surface area contributed by atoms with Gasteiger partial charge in [-0.25, -0.2) is 9.59 Å². The molecule has 2 aromatic heterocycles. The maximum atomic E-state index is 12.4. The molecule has 0 bridgehead atoms. The van der Waals surface area contributed by atoms with Gasteiger partial charge in [-0.2, -0.15) is 0 Å². The number of imidazole rings is 1. The molecule has 3 rings (SSSR count). The number of hydrogen-bond acceptors (Lipinski definition) is 5. The van der Waals surface area contributed by atoms with E-state index in [4.69, 9.17) is 4.74 Å². The third kappa shape index (κ3) is 3.76. The van der Waals surface area contributed by atoms with Crippen molar-refractivity contribution in [2.45, 2.75) is 19.4 Å². The molecule has 2 N–H and O–H groups in total. The summed E-state index contributed by atoms with van der Waals surface area (Å²) in [4.78, 5) is 32.7. The predicted octanol–water partition coefficient (Wildman–Crippen LogP) is 1.43. The molecule has 0 spiro atoms. The van der Waals surface area contributed by atoms with E-state index in [9.17, 15) is 9.59 Å². The third-order valence-electron chi connectivity index (χ3n) is 4.35. The van der Waals surface area contributed by atoms with E-state index in [0.29, 0.717) is 23.4 Å². The van der Waals surface area contributed by atoms with Crippen LogP contribution < -0.4 is 21.1 Å². The van der Waals surface area contributed by atoms with E-state index < -0.39 is 0 Å². The Kier molecular flexibility index (Phi) is 5.11. The van der Waals surface area contributed by atoms with Gasteiger partial charge in [0.05, 0.1) is 29.5 Å². The van der Waals surface area contributed by atoms with Crippen molar-refractivity contribution in [1.29, 1.82) is 0 Å². The van der Waals surface area contributed by atoms with E-state index in [2.05, 4.69) is 20.6 Å². The SMILES string of the molecule is COc1cc2c(cc1NC(=O)NC(C)Cc1cnccn1)n(C)c(=O)n2C. The zero-order chi connectivity index (χ0) is 19.6. The van der Waals surface area contributed by atoms with Gasteiger partial charge in [0, 0.05) is 51.2 Å². The van der Waals surface area contributed by atoms with Crippen molar-refractivity contribution in [3.05, 3.63) is 46.9 Å². The van der Waals surface area contributed by atoms with Crippen LogP contribution in [0.3, 0.4) is 0 Å². The monoisotopic (exact) mass is 370 g/mol. The minimum Gasteiger partial charge on any atom is -0.494 e. The van der Waals surface area contributed by atoms with Crippen molar-refractivity contribution < 1.29 is 9.53 Å². The number of carbonyl (C=O) groups excluding carboxylic acids is 1. The molecule has 142 valence electrons. The fraction of sp³-hybridized carbons (Fsp3) is 0.333. The first-order valence-corrected chi connectivity index (χ1v) is 8.46. The first kappa shape index (κ1) is 18.4. The number of nitrogens with one attached hydrogen (secondary N) is 2. The highest BCUT2D eigenvalue weighted by atomic mass is 16.5. The summed E-state index contributed by atoms with van der Waals surface area (Å²) in [7, 11) is 4.89. The van der Waals surface area contributed by atoms with Gasteiger partial charge in [-0.1, -0.05) is 0 Å². The normalized spacial score (nSPS) is 12.0. The van der Waals surface area contributed by atoms with Gasteiger partial charge in [-0.3, -0.25) is 19.1 Å². The van der Waals surface area contributed by atoms with Gasteiger partial charge >= 0.3 is 11.7 Å². The number of benzene rings is 1. The van der Waals surface area contributed by atoms with Crippen LogP contribution in [-0.2, 0) is 20.5 Å². The largest absolute Gasteiger partial charge is 0.494 e. The summed E-state index contributed by atoms with van der Waals surface area (Å²) in [5.41, 5.74) is 2.55.